The molecule has 0 saturated carbocycles. The standard InChI is InChI=1S/C13H15FN2/c1-9-5-6-16(10(9)2)13-4-3-11(8-15)7-12(13)14/h3-4,7,9-10H,5-6H2,1-2H3. The van der Waals surface area contributed by atoms with Crippen LogP contribution in [0.5, 0.6) is 0 Å². The van der Waals surface area contributed by atoms with Crippen LogP contribution in [0, 0.1) is 23.1 Å². The summed E-state index contributed by atoms with van der Waals surface area (Å²) in [6.45, 7) is 5.20. The first kappa shape index (κ1) is 10.9. The zero-order chi connectivity index (χ0) is 11.7. The summed E-state index contributed by atoms with van der Waals surface area (Å²) in [5.41, 5.74) is 0.997. The highest BCUT2D eigenvalue weighted by Gasteiger charge is 2.28. The molecular weight excluding hydrogens is 203 g/mol. The maximum absolute atomic E-state index is 13.8. The fraction of sp³-hybridized carbons (Fsp3) is 0.462. The summed E-state index contributed by atoms with van der Waals surface area (Å²) in [7, 11) is 0. The van der Waals surface area contributed by atoms with Crippen LogP contribution in [0.2, 0.25) is 0 Å². The van der Waals surface area contributed by atoms with Crippen LogP contribution < -0.4 is 4.90 Å². The smallest absolute Gasteiger partial charge is 0.147 e. The molecule has 2 nitrogen and oxygen atoms in total. The molecule has 0 aromatic heterocycles. The van der Waals surface area contributed by atoms with Gasteiger partial charge in [-0.3, -0.25) is 0 Å². The van der Waals surface area contributed by atoms with Crippen molar-refractivity contribution >= 4 is 5.69 Å². The van der Waals surface area contributed by atoms with Crippen molar-refractivity contribution in [2.75, 3.05) is 11.4 Å². The van der Waals surface area contributed by atoms with Gasteiger partial charge >= 0.3 is 0 Å². The molecule has 0 radical (unpaired) electrons. The molecule has 16 heavy (non-hydrogen) atoms. The lowest BCUT2D eigenvalue weighted by molar-refractivity contribution is 0.539. The third-order valence-electron chi connectivity index (χ3n) is 3.53. The number of halogens is 1. The second kappa shape index (κ2) is 4.13. The van der Waals surface area contributed by atoms with Gasteiger partial charge in [0.05, 0.1) is 17.3 Å². The molecule has 0 aliphatic carbocycles. The van der Waals surface area contributed by atoms with Gasteiger partial charge in [-0.05, 0) is 37.5 Å². The number of anilines is 1. The Kier molecular flexibility index (Phi) is 2.82. The predicted molar refractivity (Wildman–Crippen MR) is 61.7 cm³/mol. The Bertz CT molecular complexity index is 436. The molecule has 0 amide bonds. The van der Waals surface area contributed by atoms with Crippen molar-refractivity contribution in [2.45, 2.75) is 26.3 Å². The van der Waals surface area contributed by atoms with E-state index in [0.29, 0.717) is 23.2 Å². The van der Waals surface area contributed by atoms with E-state index >= 15 is 0 Å². The Balaban J connectivity index is 2.32. The van der Waals surface area contributed by atoms with E-state index in [9.17, 15) is 4.39 Å². The van der Waals surface area contributed by atoms with E-state index in [2.05, 4.69) is 18.7 Å². The molecule has 2 unspecified atom stereocenters. The lowest BCUT2D eigenvalue weighted by atomic mass is 10.0. The highest BCUT2D eigenvalue weighted by molar-refractivity contribution is 5.52. The topological polar surface area (TPSA) is 27.0 Å². The summed E-state index contributed by atoms with van der Waals surface area (Å²) >= 11 is 0. The molecule has 1 aliphatic rings. The minimum atomic E-state index is -0.292. The van der Waals surface area contributed by atoms with Crippen molar-refractivity contribution in [3.8, 4) is 6.07 Å². The molecule has 0 bridgehead atoms. The van der Waals surface area contributed by atoms with Crippen molar-refractivity contribution in [2.24, 2.45) is 5.92 Å². The van der Waals surface area contributed by atoms with Crippen LogP contribution in [0.4, 0.5) is 10.1 Å². The number of rotatable bonds is 1. The Labute approximate surface area is 95.3 Å². The summed E-state index contributed by atoms with van der Waals surface area (Å²) in [5.74, 6) is 0.301. The zero-order valence-corrected chi connectivity index (χ0v) is 9.57. The van der Waals surface area contributed by atoms with Crippen molar-refractivity contribution in [3.05, 3.63) is 29.6 Å². The maximum atomic E-state index is 13.8. The van der Waals surface area contributed by atoms with E-state index < -0.39 is 0 Å². The van der Waals surface area contributed by atoms with Crippen molar-refractivity contribution < 1.29 is 4.39 Å². The third kappa shape index (κ3) is 1.76. The molecule has 1 aromatic rings. The van der Waals surface area contributed by atoms with Gasteiger partial charge in [0.1, 0.15) is 5.82 Å². The van der Waals surface area contributed by atoms with Crippen LogP contribution in [0.1, 0.15) is 25.8 Å². The number of nitrogens with zero attached hydrogens (tertiary/aromatic N) is 2. The van der Waals surface area contributed by atoms with E-state index in [1.807, 2.05) is 6.07 Å². The number of hydrogen-bond donors (Lipinski definition) is 0. The molecule has 0 spiro atoms. The molecule has 2 rings (SSSR count). The van der Waals surface area contributed by atoms with Gasteiger partial charge in [0.2, 0.25) is 0 Å². The molecule has 3 heteroatoms. The molecule has 1 heterocycles. The molecule has 1 fully saturated rings. The zero-order valence-electron chi connectivity index (χ0n) is 9.57. The van der Waals surface area contributed by atoms with Gasteiger partial charge in [-0.1, -0.05) is 6.92 Å². The average molecular weight is 218 g/mol. The molecule has 2 atom stereocenters. The molecule has 1 saturated heterocycles. The number of benzene rings is 1. The van der Waals surface area contributed by atoms with Gasteiger partial charge in [-0.2, -0.15) is 5.26 Å². The summed E-state index contributed by atoms with van der Waals surface area (Å²) in [5, 5.41) is 8.68. The van der Waals surface area contributed by atoms with Gasteiger partial charge < -0.3 is 4.90 Å². The van der Waals surface area contributed by atoms with Crippen LogP contribution in [0.25, 0.3) is 0 Å². The number of nitriles is 1. The van der Waals surface area contributed by atoms with E-state index in [4.69, 9.17) is 5.26 Å². The predicted octanol–water partition coefficient (Wildman–Crippen LogP) is 2.93. The lowest BCUT2D eigenvalue weighted by Gasteiger charge is -2.26. The van der Waals surface area contributed by atoms with E-state index in [0.717, 1.165) is 13.0 Å². The fourth-order valence-corrected chi connectivity index (χ4v) is 2.24. The summed E-state index contributed by atoms with van der Waals surface area (Å²) in [4.78, 5) is 2.08. The monoisotopic (exact) mass is 218 g/mol. The van der Waals surface area contributed by atoms with Gasteiger partial charge in [0.25, 0.3) is 0 Å². The van der Waals surface area contributed by atoms with Gasteiger partial charge in [-0.15, -0.1) is 0 Å². The molecule has 1 aliphatic heterocycles. The van der Waals surface area contributed by atoms with Crippen LogP contribution in [-0.2, 0) is 0 Å². The molecular formula is C13H15FN2. The van der Waals surface area contributed by atoms with Crippen molar-refractivity contribution in [1.82, 2.24) is 0 Å². The van der Waals surface area contributed by atoms with Crippen molar-refractivity contribution in [1.29, 1.82) is 5.26 Å². The minimum absolute atomic E-state index is 0.292. The molecule has 84 valence electrons. The fourth-order valence-electron chi connectivity index (χ4n) is 2.24. The van der Waals surface area contributed by atoms with Crippen molar-refractivity contribution in [3.63, 3.8) is 0 Å². The van der Waals surface area contributed by atoms with Crippen LogP contribution >= 0.6 is 0 Å². The molecule has 1 aromatic carbocycles. The second-order valence-electron chi connectivity index (χ2n) is 4.48. The second-order valence-corrected chi connectivity index (χ2v) is 4.48. The summed E-state index contributed by atoms with van der Waals surface area (Å²) in [6.07, 6.45) is 1.10. The van der Waals surface area contributed by atoms with E-state index in [-0.39, 0.29) is 5.82 Å². The van der Waals surface area contributed by atoms with E-state index in [1.54, 1.807) is 12.1 Å². The SMILES string of the molecule is CC1CCN(c2ccc(C#N)cc2F)C1C. The quantitative estimate of drug-likeness (QED) is 0.724. The Morgan fingerprint density at radius 1 is 1.44 bits per heavy atom. The van der Waals surface area contributed by atoms with Gasteiger partial charge in [0, 0.05) is 12.6 Å². The van der Waals surface area contributed by atoms with E-state index in [1.165, 1.54) is 6.07 Å². The third-order valence-corrected chi connectivity index (χ3v) is 3.53. The minimum Gasteiger partial charge on any atom is -0.366 e. The van der Waals surface area contributed by atoms with Gasteiger partial charge in [0.15, 0.2) is 0 Å². The average Bonchev–Trinajstić information content (AvgIpc) is 2.60. The first-order valence-corrected chi connectivity index (χ1v) is 5.59. The van der Waals surface area contributed by atoms with Crippen LogP contribution in [0.3, 0.4) is 0 Å². The summed E-state index contributed by atoms with van der Waals surface area (Å²) in [6, 6.07) is 7.01. The lowest BCUT2D eigenvalue weighted by Crippen LogP contribution is -2.29. The Morgan fingerprint density at radius 3 is 2.69 bits per heavy atom. The summed E-state index contributed by atoms with van der Waals surface area (Å²) < 4.78 is 13.8. The Morgan fingerprint density at radius 2 is 2.19 bits per heavy atom. The first-order valence-electron chi connectivity index (χ1n) is 5.59. The van der Waals surface area contributed by atoms with Crippen LogP contribution in [-0.4, -0.2) is 12.6 Å². The highest BCUT2D eigenvalue weighted by atomic mass is 19.1. The highest BCUT2D eigenvalue weighted by Crippen LogP contribution is 2.31. The largest absolute Gasteiger partial charge is 0.366 e. The maximum Gasteiger partial charge on any atom is 0.147 e. The molecule has 0 N–H and O–H groups in total. The normalized spacial score (nSPS) is 24.5. The van der Waals surface area contributed by atoms with Gasteiger partial charge in [-0.25, -0.2) is 4.39 Å². The van der Waals surface area contributed by atoms with Crippen LogP contribution in [0.15, 0.2) is 18.2 Å². The Hall–Kier alpha value is -1.56. The number of hydrogen-bond acceptors (Lipinski definition) is 2. The first-order chi connectivity index (χ1) is 7.63.